The fourth-order valence-corrected chi connectivity index (χ4v) is 4.35. The van der Waals surface area contributed by atoms with Gasteiger partial charge < -0.3 is 10.2 Å². The second-order valence-electron chi connectivity index (χ2n) is 8.91. The van der Waals surface area contributed by atoms with Gasteiger partial charge in [0.05, 0.1) is 6.04 Å². The maximum Gasteiger partial charge on any atom is 0.240 e. The lowest BCUT2D eigenvalue weighted by Gasteiger charge is -2.39. The molecule has 1 amide bonds. The second-order valence-corrected chi connectivity index (χ2v) is 8.91. The molecule has 3 atom stereocenters. The van der Waals surface area contributed by atoms with Crippen LogP contribution in [0.25, 0.3) is 0 Å². The van der Waals surface area contributed by atoms with Crippen LogP contribution in [0.5, 0.6) is 0 Å². The summed E-state index contributed by atoms with van der Waals surface area (Å²) >= 11 is 0. The summed E-state index contributed by atoms with van der Waals surface area (Å²) in [5.41, 5.74) is -0.0841. The molecule has 1 N–H and O–H groups in total. The number of nitrogens with one attached hydrogen (secondary N) is 1. The Labute approximate surface area is 147 Å². The van der Waals surface area contributed by atoms with Crippen LogP contribution in [0.2, 0.25) is 0 Å². The van der Waals surface area contributed by atoms with Crippen LogP contribution < -0.4 is 5.32 Å². The number of rotatable bonds is 5. The van der Waals surface area contributed by atoms with Crippen molar-refractivity contribution in [3.63, 3.8) is 0 Å². The van der Waals surface area contributed by atoms with E-state index in [-0.39, 0.29) is 35.2 Å². The minimum Gasteiger partial charge on any atom is -0.338 e. The van der Waals surface area contributed by atoms with Crippen molar-refractivity contribution in [2.24, 2.45) is 11.8 Å². The summed E-state index contributed by atoms with van der Waals surface area (Å²) in [7, 11) is 0. The van der Waals surface area contributed by atoms with E-state index in [0.717, 1.165) is 32.2 Å². The Morgan fingerprint density at radius 2 is 1.67 bits per heavy atom. The van der Waals surface area contributed by atoms with Crippen LogP contribution in [0, 0.1) is 11.8 Å². The molecule has 24 heavy (non-hydrogen) atoms. The number of hydrogen-bond acceptors (Lipinski definition) is 3. The lowest BCUT2D eigenvalue weighted by Crippen LogP contribution is -2.57. The smallest absolute Gasteiger partial charge is 0.240 e. The molecule has 1 saturated carbocycles. The van der Waals surface area contributed by atoms with Gasteiger partial charge in [-0.05, 0) is 59.3 Å². The normalized spacial score (nSPS) is 25.5. The molecule has 1 saturated heterocycles. The number of carbonyl (C=O) groups excluding carboxylic acids is 2. The first-order chi connectivity index (χ1) is 11.2. The molecule has 1 heterocycles. The highest BCUT2D eigenvalue weighted by atomic mass is 16.2. The number of nitrogens with zero attached hydrogens (tertiary/aromatic N) is 1. The van der Waals surface area contributed by atoms with Gasteiger partial charge in [0, 0.05) is 24.0 Å². The molecule has 2 aliphatic rings. The molecule has 1 aliphatic carbocycles. The van der Waals surface area contributed by atoms with Crippen molar-refractivity contribution in [3.8, 4) is 0 Å². The van der Waals surface area contributed by atoms with Gasteiger partial charge in [0.1, 0.15) is 5.78 Å². The Bertz CT molecular complexity index is 449. The highest BCUT2D eigenvalue weighted by Gasteiger charge is 2.40. The largest absolute Gasteiger partial charge is 0.338 e. The Kier molecular flexibility index (Phi) is 6.46. The summed E-state index contributed by atoms with van der Waals surface area (Å²) in [6.45, 7) is 10.8. The molecular weight excluding hydrogens is 300 g/mol. The first-order valence-corrected chi connectivity index (χ1v) is 9.79. The van der Waals surface area contributed by atoms with Crippen molar-refractivity contribution in [3.05, 3.63) is 0 Å². The molecule has 0 spiro atoms. The van der Waals surface area contributed by atoms with E-state index >= 15 is 0 Å². The molecule has 3 unspecified atom stereocenters. The third kappa shape index (κ3) is 4.81. The number of amides is 1. The molecule has 2 fully saturated rings. The predicted molar refractivity (Wildman–Crippen MR) is 97.8 cm³/mol. The monoisotopic (exact) mass is 336 g/mol. The van der Waals surface area contributed by atoms with Gasteiger partial charge in [-0.1, -0.05) is 26.2 Å². The van der Waals surface area contributed by atoms with E-state index in [2.05, 4.69) is 26.1 Å². The van der Waals surface area contributed by atoms with Crippen LogP contribution in [0.1, 0.15) is 79.6 Å². The highest BCUT2D eigenvalue weighted by Crippen LogP contribution is 2.31. The molecule has 4 nitrogen and oxygen atoms in total. The number of Topliss-reactive ketones (excluding diaryl/α,β-unsaturated/α-hetero) is 1. The van der Waals surface area contributed by atoms with Crippen molar-refractivity contribution in [2.75, 3.05) is 6.54 Å². The summed E-state index contributed by atoms with van der Waals surface area (Å²) in [5.74, 6) is 0.794. The van der Waals surface area contributed by atoms with Crippen molar-refractivity contribution in [2.45, 2.75) is 97.2 Å². The third-order valence-electron chi connectivity index (χ3n) is 5.78. The Morgan fingerprint density at radius 1 is 1.04 bits per heavy atom. The number of hydrogen-bond donors (Lipinski definition) is 1. The summed E-state index contributed by atoms with van der Waals surface area (Å²) < 4.78 is 0. The molecule has 0 aromatic rings. The number of ketones is 1. The average molecular weight is 337 g/mol. The van der Waals surface area contributed by atoms with Crippen LogP contribution >= 0.6 is 0 Å². The van der Waals surface area contributed by atoms with Crippen LogP contribution in [-0.2, 0) is 9.59 Å². The number of likely N-dealkylation sites (tertiary alicyclic amines) is 1. The van der Waals surface area contributed by atoms with Crippen molar-refractivity contribution in [1.82, 2.24) is 10.2 Å². The zero-order valence-corrected chi connectivity index (χ0v) is 16.2. The third-order valence-corrected chi connectivity index (χ3v) is 5.78. The molecule has 138 valence electrons. The summed E-state index contributed by atoms with van der Waals surface area (Å²) in [6.07, 6.45) is 8.00. The Hall–Kier alpha value is -0.900. The van der Waals surface area contributed by atoms with E-state index in [9.17, 15) is 9.59 Å². The minimum absolute atomic E-state index is 0.0573. The first-order valence-electron chi connectivity index (χ1n) is 9.79. The van der Waals surface area contributed by atoms with Crippen molar-refractivity contribution >= 4 is 11.7 Å². The summed E-state index contributed by atoms with van der Waals surface area (Å²) in [6, 6.07) is -0.0204. The second kappa shape index (κ2) is 7.99. The molecule has 1 aliphatic heterocycles. The molecule has 0 radical (unpaired) electrons. The summed E-state index contributed by atoms with van der Waals surface area (Å²) in [5, 5.41) is 3.62. The maximum absolute atomic E-state index is 13.4. The van der Waals surface area contributed by atoms with Crippen molar-refractivity contribution in [1.29, 1.82) is 0 Å². The van der Waals surface area contributed by atoms with Crippen LogP contribution in [0.4, 0.5) is 0 Å². The quantitative estimate of drug-likeness (QED) is 0.835. The van der Waals surface area contributed by atoms with E-state index in [1.807, 2.05) is 11.8 Å². The van der Waals surface area contributed by atoms with Gasteiger partial charge in [0.2, 0.25) is 5.91 Å². The highest BCUT2D eigenvalue weighted by molar-refractivity contribution is 5.85. The average Bonchev–Trinajstić information content (AvgIpc) is 3.00. The van der Waals surface area contributed by atoms with Crippen LogP contribution in [-0.4, -0.2) is 40.8 Å². The van der Waals surface area contributed by atoms with Gasteiger partial charge in [-0.2, -0.15) is 0 Å². The Morgan fingerprint density at radius 3 is 2.21 bits per heavy atom. The van der Waals surface area contributed by atoms with Crippen LogP contribution in [0.15, 0.2) is 0 Å². The van der Waals surface area contributed by atoms with Gasteiger partial charge >= 0.3 is 0 Å². The lowest BCUT2D eigenvalue weighted by atomic mass is 9.82. The van der Waals surface area contributed by atoms with E-state index < -0.39 is 0 Å². The molecule has 0 aromatic heterocycles. The molecule has 0 bridgehead atoms. The van der Waals surface area contributed by atoms with Gasteiger partial charge in [-0.25, -0.2) is 0 Å². The maximum atomic E-state index is 13.4. The van der Waals surface area contributed by atoms with E-state index in [1.165, 1.54) is 19.3 Å². The Balaban J connectivity index is 2.17. The fraction of sp³-hybridized carbons (Fsp3) is 0.900. The zero-order valence-electron chi connectivity index (χ0n) is 16.2. The molecule has 0 aromatic carbocycles. The molecule has 4 heteroatoms. The lowest BCUT2D eigenvalue weighted by molar-refractivity contribution is -0.138. The van der Waals surface area contributed by atoms with Gasteiger partial charge in [-0.3, -0.25) is 9.59 Å². The first kappa shape index (κ1) is 19.4. The van der Waals surface area contributed by atoms with Gasteiger partial charge in [-0.15, -0.1) is 0 Å². The number of carbonyl (C=O) groups is 2. The molecule has 2 rings (SSSR count). The SMILES string of the molecule is CC(=O)C(C)C1CCCN1C(=O)C(NC(C)(C)C)C1CCCCC1. The van der Waals surface area contributed by atoms with Crippen LogP contribution in [0.3, 0.4) is 0 Å². The van der Waals surface area contributed by atoms with Crippen molar-refractivity contribution < 1.29 is 9.59 Å². The van der Waals surface area contributed by atoms with E-state index in [0.29, 0.717) is 5.92 Å². The topological polar surface area (TPSA) is 49.4 Å². The van der Waals surface area contributed by atoms with Gasteiger partial charge in [0.15, 0.2) is 0 Å². The standard InChI is InChI=1S/C20H36N2O2/c1-14(15(2)23)17-12-9-13-22(17)19(24)18(21-20(3,4)5)16-10-7-6-8-11-16/h14,16-18,21H,6-13H2,1-5H3. The predicted octanol–water partition coefficient (Wildman–Crippen LogP) is 3.54. The van der Waals surface area contributed by atoms with E-state index in [1.54, 1.807) is 6.92 Å². The van der Waals surface area contributed by atoms with E-state index in [4.69, 9.17) is 0 Å². The van der Waals surface area contributed by atoms with Gasteiger partial charge in [0.25, 0.3) is 0 Å². The minimum atomic E-state index is -0.106. The zero-order chi connectivity index (χ0) is 17.9. The summed E-state index contributed by atoms with van der Waals surface area (Å²) in [4.78, 5) is 27.3. The fourth-order valence-electron chi connectivity index (χ4n) is 4.35. The molecular formula is C20H36N2O2.